The molecule has 0 aliphatic heterocycles. The van der Waals surface area contributed by atoms with Crippen LogP contribution in [0.3, 0.4) is 0 Å². The van der Waals surface area contributed by atoms with Crippen LogP contribution in [0.2, 0.25) is 0 Å². The molecule has 0 spiro atoms. The highest BCUT2D eigenvalue weighted by atomic mass is 32.2. The number of nitrogens with zero attached hydrogens (tertiary/aromatic N) is 1. The first-order valence-electron chi connectivity index (χ1n) is 4.63. The number of hydrogen-bond acceptors (Lipinski definition) is 4. The summed E-state index contributed by atoms with van der Waals surface area (Å²) in [5, 5.41) is 8.62. The van der Waals surface area contributed by atoms with Gasteiger partial charge in [-0.1, -0.05) is 0 Å². The van der Waals surface area contributed by atoms with Gasteiger partial charge >= 0.3 is 0 Å². The summed E-state index contributed by atoms with van der Waals surface area (Å²) in [5.41, 5.74) is 2.38. The van der Waals surface area contributed by atoms with Crippen LogP contribution < -0.4 is 5.32 Å². The second-order valence-corrected chi connectivity index (χ2v) is 4.68. The average Bonchev–Trinajstić information content (AvgIpc) is 2.80. The third kappa shape index (κ3) is 2.97. The van der Waals surface area contributed by atoms with Crippen LogP contribution in [0.15, 0.2) is 40.2 Å². The molecule has 15 heavy (non-hydrogen) atoms. The first kappa shape index (κ1) is 10.5. The molecule has 2 nitrogen and oxygen atoms in total. The standard InChI is InChI=1S/C11H12N2S2/c1-14-11-3-2-10(7-13-11)12-6-9-4-5-15-8-9/h2-5,7-8,12H,6H2,1H3. The van der Waals surface area contributed by atoms with Crippen LogP contribution in [-0.2, 0) is 6.54 Å². The summed E-state index contributed by atoms with van der Waals surface area (Å²) in [5.74, 6) is 0. The maximum atomic E-state index is 4.30. The Morgan fingerprint density at radius 2 is 2.33 bits per heavy atom. The largest absolute Gasteiger partial charge is 0.380 e. The molecule has 0 aromatic carbocycles. The zero-order valence-electron chi connectivity index (χ0n) is 8.43. The van der Waals surface area contributed by atoms with E-state index in [1.807, 2.05) is 18.5 Å². The molecule has 2 aromatic heterocycles. The molecule has 0 amide bonds. The molecule has 78 valence electrons. The molecule has 0 aliphatic rings. The molecule has 0 fully saturated rings. The topological polar surface area (TPSA) is 24.9 Å². The van der Waals surface area contributed by atoms with E-state index >= 15 is 0 Å². The molecule has 2 aromatic rings. The number of thiophene rings is 1. The van der Waals surface area contributed by atoms with Crippen molar-refractivity contribution in [1.82, 2.24) is 4.98 Å². The maximum Gasteiger partial charge on any atom is 0.0958 e. The molecule has 0 atom stereocenters. The number of nitrogens with one attached hydrogen (secondary N) is 1. The van der Waals surface area contributed by atoms with Crippen LogP contribution in [0, 0.1) is 0 Å². The van der Waals surface area contributed by atoms with Gasteiger partial charge in [-0.25, -0.2) is 4.98 Å². The summed E-state index contributed by atoms with van der Waals surface area (Å²) in [6.07, 6.45) is 3.90. The molecule has 0 unspecified atom stereocenters. The summed E-state index contributed by atoms with van der Waals surface area (Å²) in [7, 11) is 0. The van der Waals surface area contributed by atoms with Gasteiger partial charge in [0.1, 0.15) is 0 Å². The minimum Gasteiger partial charge on any atom is -0.380 e. The second kappa shape index (κ2) is 5.19. The second-order valence-electron chi connectivity index (χ2n) is 3.07. The van der Waals surface area contributed by atoms with E-state index in [-0.39, 0.29) is 0 Å². The Labute approximate surface area is 97.8 Å². The lowest BCUT2D eigenvalue weighted by Gasteiger charge is -2.04. The van der Waals surface area contributed by atoms with Crippen molar-refractivity contribution in [3.05, 3.63) is 40.7 Å². The van der Waals surface area contributed by atoms with Gasteiger partial charge in [0.15, 0.2) is 0 Å². The van der Waals surface area contributed by atoms with E-state index in [1.165, 1.54) is 5.56 Å². The van der Waals surface area contributed by atoms with Crippen LogP contribution in [-0.4, -0.2) is 11.2 Å². The smallest absolute Gasteiger partial charge is 0.0958 e. The van der Waals surface area contributed by atoms with Gasteiger partial charge in [-0.05, 0) is 40.8 Å². The fourth-order valence-electron chi connectivity index (χ4n) is 1.20. The fourth-order valence-corrected chi connectivity index (χ4v) is 2.23. The summed E-state index contributed by atoms with van der Waals surface area (Å²) in [4.78, 5) is 4.30. The van der Waals surface area contributed by atoms with E-state index < -0.39 is 0 Å². The molecule has 4 heteroatoms. The molecule has 0 saturated heterocycles. The van der Waals surface area contributed by atoms with Crippen molar-refractivity contribution in [2.75, 3.05) is 11.6 Å². The molecule has 0 radical (unpaired) electrons. The van der Waals surface area contributed by atoms with Crippen molar-refractivity contribution in [3.8, 4) is 0 Å². The predicted molar refractivity (Wildman–Crippen MR) is 67.7 cm³/mol. The van der Waals surface area contributed by atoms with Crippen molar-refractivity contribution in [2.45, 2.75) is 11.6 Å². The molecule has 2 heterocycles. The Morgan fingerprint density at radius 1 is 1.40 bits per heavy atom. The van der Waals surface area contributed by atoms with Gasteiger partial charge in [0.2, 0.25) is 0 Å². The van der Waals surface area contributed by atoms with Crippen molar-refractivity contribution in [1.29, 1.82) is 0 Å². The van der Waals surface area contributed by atoms with Gasteiger partial charge in [0, 0.05) is 6.54 Å². The van der Waals surface area contributed by atoms with Crippen LogP contribution >= 0.6 is 23.1 Å². The lowest BCUT2D eigenvalue weighted by atomic mass is 10.3. The quantitative estimate of drug-likeness (QED) is 0.823. The normalized spacial score (nSPS) is 10.2. The SMILES string of the molecule is CSc1ccc(NCc2ccsc2)cn1. The number of rotatable bonds is 4. The summed E-state index contributed by atoms with van der Waals surface area (Å²) in [6.45, 7) is 0.865. The van der Waals surface area contributed by atoms with E-state index in [2.05, 4.69) is 33.2 Å². The Hall–Kier alpha value is -1.00. The van der Waals surface area contributed by atoms with Gasteiger partial charge in [-0.15, -0.1) is 11.8 Å². The van der Waals surface area contributed by atoms with Crippen LogP contribution in [0.25, 0.3) is 0 Å². The van der Waals surface area contributed by atoms with Gasteiger partial charge in [0.25, 0.3) is 0 Å². The molecule has 0 bridgehead atoms. The van der Waals surface area contributed by atoms with Gasteiger partial charge in [-0.3, -0.25) is 0 Å². The summed E-state index contributed by atoms with van der Waals surface area (Å²) >= 11 is 3.38. The third-order valence-corrected chi connectivity index (χ3v) is 3.41. The molecular weight excluding hydrogens is 224 g/mol. The maximum absolute atomic E-state index is 4.30. The highest BCUT2D eigenvalue weighted by Gasteiger charge is 1.95. The minimum absolute atomic E-state index is 0.865. The van der Waals surface area contributed by atoms with Crippen molar-refractivity contribution in [2.24, 2.45) is 0 Å². The Bertz CT molecular complexity index is 395. The predicted octanol–water partition coefficient (Wildman–Crippen LogP) is 3.48. The van der Waals surface area contributed by atoms with Crippen LogP contribution in [0.4, 0.5) is 5.69 Å². The number of pyridine rings is 1. The van der Waals surface area contributed by atoms with Gasteiger partial charge in [0.05, 0.1) is 16.9 Å². The lowest BCUT2D eigenvalue weighted by molar-refractivity contribution is 1.10. The number of aromatic nitrogens is 1. The summed E-state index contributed by atoms with van der Waals surface area (Å²) < 4.78 is 0. The molecule has 1 N–H and O–H groups in total. The van der Waals surface area contributed by atoms with Crippen LogP contribution in [0.1, 0.15) is 5.56 Å². The van der Waals surface area contributed by atoms with Gasteiger partial charge in [-0.2, -0.15) is 11.3 Å². The number of anilines is 1. The zero-order chi connectivity index (χ0) is 10.5. The van der Waals surface area contributed by atoms with E-state index in [0.29, 0.717) is 0 Å². The van der Waals surface area contributed by atoms with E-state index in [1.54, 1.807) is 23.1 Å². The molecule has 2 rings (SSSR count). The Kier molecular flexibility index (Phi) is 3.64. The Morgan fingerprint density at radius 3 is 2.93 bits per heavy atom. The third-order valence-electron chi connectivity index (χ3n) is 2.02. The summed E-state index contributed by atoms with van der Waals surface area (Å²) in [6, 6.07) is 6.22. The van der Waals surface area contributed by atoms with E-state index in [9.17, 15) is 0 Å². The molecular formula is C11H12N2S2. The number of thioether (sulfide) groups is 1. The lowest BCUT2D eigenvalue weighted by Crippen LogP contribution is -1.98. The average molecular weight is 236 g/mol. The van der Waals surface area contributed by atoms with E-state index in [0.717, 1.165) is 17.3 Å². The van der Waals surface area contributed by atoms with E-state index in [4.69, 9.17) is 0 Å². The molecule has 0 aliphatic carbocycles. The molecule has 0 saturated carbocycles. The van der Waals surface area contributed by atoms with Crippen LogP contribution in [0.5, 0.6) is 0 Å². The van der Waals surface area contributed by atoms with Gasteiger partial charge < -0.3 is 5.32 Å². The van der Waals surface area contributed by atoms with Crippen molar-refractivity contribution < 1.29 is 0 Å². The number of hydrogen-bond donors (Lipinski definition) is 1. The first-order valence-corrected chi connectivity index (χ1v) is 6.80. The fraction of sp³-hybridized carbons (Fsp3) is 0.182. The highest BCUT2D eigenvalue weighted by molar-refractivity contribution is 7.98. The Balaban J connectivity index is 1.93. The minimum atomic E-state index is 0.865. The van der Waals surface area contributed by atoms with Crippen molar-refractivity contribution in [3.63, 3.8) is 0 Å². The monoisotopic (exact) mass is 236 g/mol. The van der Waals surface area contributed by atoms with Crippen molar-refractivity contribution >= 4 is 28.8 Å². The zero-order valence-corrected chi connectivity index (χ0v) is 10.1. The highest BCUT2D eigenvalue weighted by Crippen LogP contribution is 2.15. The first-order chi connectivity index (χ1) is 7.38.